The molecule has 0 aromatic heterocycles. The zero-order chi connectivity index (χ0) is 8.43. The Hall–Kier alpha value is 0.430. The van der Waals surface area contributed by atoms with Gasteiger partial charge in [0.05, 0.1) is 0 Å². The second-order valence-electron chi connectivity index (χ2n) is 2.55. The maximum absolute atomic E-state index is 3.48. The van der Waals surface area contributed by atoms with Gasteiger partial charge >= 0.3 is 0 Å². The van der Waals surface area contributed by atoms with E-state index >= 15 is 0 Å². The Morgan fingerprint density at radius 3 is 2.64 bits per heavy atom. The minimum absolute atomic E-state index is 1.11. The van der Waals surface area contributed by atoms with Crippen molar-refractivity contribution in [2.45, 2.75) is 20.3 Å². The number of hydrogen-bond donors (Lipinski definition) is 0. The third-order valence-corrected chi connectivity index (χ3v) is 3.68. The lowest BCUT2D eigenvalue weighted by Crippen LogP contribution is -1.89. The Bertz CT molecular complexity index is 269. The van der Waals surface area contributed by atoms with Crippen LogP contribution >= 0.6 is 38.5 Å². The minimum Gasteiger partial charge on any atom is -0.0613 e. The number of rotatable bonds is 1. The van der Waals surface area contributed by atoms with E-state index in [4.69, 9.17) is 0 Å². The van der Waals surface area contributed by atoms with Crippen LogP contribution in [-0.4, -0.2) is 0 Å². The van der Waals surface area contributed by atoms with Gasteiger partial charge in [-0.3, -0.25) is 0 Å². The van der Waals surface area contributed by atoms with Crippen molar-refractivity contribution in [1.82, 2.24) is 0 Å². The second-order valence-corrected chi connectivity index (χ2v) is 4.54. The summed E-state index contributed by atoms with van der Waals surface area (Å²) in [6.45, 7) is 4.33. The molecule has 0 bridgehead atoms. The van der Waals surface area contributed by atoms with Crippen LogP contribution in [0.2, 0.25) is 0 Å². The lowest BCUT2D eigenvalue weighted by Gasteiger charge is -2.05. The zero-order valence-corrected chi connectivity index (χ0v) is 10.4. The molecule has 0 heterocycles. The highest BCUT2D eigenvalue weighted by molar-refractivity contribution is 14.1. The predicted molar refractivity (Wildman–Crippen MR) is 61.0 cm³/mol. The summed E-state index contributed by atoms with van der Waals surface area (Å²) in [6.07, 6.45) is 1.11. The van der Waals surface area contributed by atoms with Gasteiger partial charge in [0.25, 0.3) is 0 Å². The topological polar surface area (TPSA) is 0 Å². The normalized spacial score (nSPS) is 10.2. The molecule has 0 radical (unpaired) electrons. The number of benzene rings is 1. The first kappa shape index (κ1) is 9.52. The van der Waals surface area contributed by atoms with Gasteiger partial charge in [-0.2, -0.15) is 0 Å². The largest absolute Gasteiger partial charge is 0.0613 e. The van der Waals surface area contributed by atoms with E-state index < -0.39 is 0 Å². The first-order valence-electron chi connectivity index (χ1n) is 3.59. The fourth-order valence-electron chi connectivity index (χ4n) is 1.05. The van der Waals surface area contributed by atoms with E-state index in [-0.39, 0.29) is 0 Å². The Labute approximate surface area is 89.7 Å². The Kier molecular flexibility index (Phi) is 3.37. The van der Waals surface area contributed by atoms with E-state index in [0.717, 1.165) is 6.42 Å². The molecule has 0 saturated carbocycles. The van der Waals surface area contributed by atoms with Gasteiger partial charge < -0.3 is 0 Å². The van der Waals surface area contributed by atoms with Crippen molar-refractivity contribution in [2.24, 2.45) is 0 Å². The maximum atomic E-state index is 3.48. The lowest BCUT2D eigenvalue weighted by atomic mass is 10.1. The van der Waals surface area contributed by atoms with Crippen molar-refractivity contribution >= 4 is 38.5 Å². The summed E-state index contributed by atoms with van der Waals surface area (Å²) in [5.74, 6) is 0. The van der Waals surface area contributed by atoms with Crippen LogP contribution in [0.3, 0.4) is 0 Å². The summed E-state index contributed by atoms with van der Waals surface area (Å²) in [5, 5.41) is 0. The molecule has 0 fully saturated rings. The smallest absolute Gasteiger partial charge is 0.0192 e. The fraction of sp³-hybridized carbons (Fsp3) is 0.333. The van der Waals surface area contributed by atoms with Crippen LogP contribution in [0.5, 0.6) is 0 Å². The first-order valence-corrected chi connectivity index (χ1v) is 5.47. The highest BCUT2D eigenvalue weighted by atomic mass is 127. The summed E-state index contributed by atoms with van der Waals surface area (Å²) in [6, 6.07) is 4.34. The van der Waals surface area contributed by atoms with Gasteiger partial charge in [0, 0.05) is 8.04 Å². The molecule has 0 atom stereocenters. The highest BCUT2D eigenvalue weighted by Crippen LogP contribution is 2.22. The minimum atomic E-state index is 1.11. The number of halogens is 2. The first-order chi connectivity index (χ1) is 5.15. The molecule has 0 aliphatic rings. The molecule has 0 aliphatic carbocycles. The second kappa shape index (κ2) is 3.90. The van der Waals surface area contributed by atoms with Gasteiger partial charge in [-0.25, -0.2) is 0 Å². The molecule has 1 aromatic rings. The molecule has 11 heavy (non-hydrogen) atoms. The standard InChI is InChI=1S/C9H10BrI/c1-3-7-5-8(10)4-6(2)9(7)11/h4-5H,3H2,1-2H3. The molecule has 2 heteroatoms. The summed E-state index contributed by atoms with van der Waals surface area (Å²) in [7, 11) is 0. The molecular weight excluding hydrogens is 315 g/mol. The van der Waals surface area contributed by atoms with E-state index in [9.17, 15) is 0 Å². The molecule has 1 rings (SSSR count). The molecular formula is C9H10BrI. The van der Waals surface area contributed by atoms with E-state index in [0.29, 0.717) is 0 Å². The third kappa shape index (κ3) is 2.18. The SMILES string of the molecule is CCc1cc(Br)cc(C)c1I. The van der Waals surface area contributed by atoms with E-state index in [1.165, 1.54) is 19.2 Å². The highest BCUT2D eigenvalue weighted by Gasteiger charge is 2.01. The summed E-state index contributed by atoms with van der Waals surface area (Å²) in [4.78, 5) is 0. The zero-order valence-electron chi connectivity index (χ0n) is 6.62. The van der Waals surface area contributed by atoms with Crippen molar-refractivity contribution in [3.8, 4) is 0 Å². The Morgan fingerprint density at radius 2 is 2.09 bits per heavy atom. The van der Waals surface area contributed by atoms with Crippen molar-refractivity contribution in [1.29, 1.82) is 0 Å². The lowest BCUT2D eigenvalue weighted by molar-refractivity contribution is 1.11. The van der Waals surface area contributed by atoms with Crippen molar-refractivity contribution in [3.63, 3.8) is 0 Å². The van der Waals surface area contributed by atoms with E-state index in [1.807, 2.05) is 0 Å². The molecule has 0 spiro atoms. The van der Waals surface area contributed by atoms with Crippen molar-refractivity contribution in [2.75, 3.05) is 0 Å². The molecule has 0 nitrogen and oxygen atoms in total. The van der Waals surface area contributed by atoms with Crippen LogP contribution < -0.4 is 0 Å². The molecule has 0 aliphatic heterocycles. The average Bonchev–Trinajstić information content (AvgIpc) is 1.96. The Morgan fingerprint density at radius 1 is 1.45 bits per heavy atom. The molecule has 0 unspecified atom stereocenters. The summed E-state index contributed by atoms with van der Waals surface area (Å²) >= 11 is 5.89. The number of hydrogen-bond acceptors (Lipinski definition) is 0. The van der Waals surface area contributed by atoms with Gasteiger partial charge in [-0.05, 0) is 59.2 Å². The molecule has 60 valence electrons. The van der Waals surface area contributed by atoms with Crippen LogP contribution in [0.25, 0.3) is 0 Å². The van der Waals surface area contributed by atoms with Gasteiger partial charge in [0.15, 0.2) is 0 Å². The van der Waals surface area contributed by atoms with E-state index in [2.05, 4.69) is 64.5 Å². The summed E-state index contributed by atoms with van der Waals surface area (Å²) in [5.41, 5.74) is 2.79. The molecule has 0 N–H and O–H groups in total. The summed E-state index contributed by atoms with van der Waals surface area (Å²) < 4.78 is 2.58. The van der Waals surface area contributed by atoms with Crippen LogP contribution in [0.15, 0.2) is 16.6 Å². The predicted octanol–water partition coefficient (Wildman–Crippen LogP) is 3.92. The van der Waals surface area contributed by atoms with Crippen LogP contribution in [0, 0.1) is 10.5 Å². The monoisotopic (exact) mass is 324 g/mol. The van der Waals surface area contributed by atoms with Gasteiger partial charge in [-0.15, -0.1) is 0 Å². The third-order valence-electron chi connectivity index (χ3n) is 1.68. The van der Waals surface area contributed by atoms with Crippen LogP contribution in [-0.2, 0) is 6.42 Å². The van der Waals surface area contributed by atoms with Gasteiger partial charge in [0.2, 0.25) is 0 Å². The molecule has 1 aromatic carbocycles. The van der Waals surface area contributed by atoms with Gasteiger partial charge in [-0.1, -0.05) is 22.9 Å². The van der Waals surface area contributed by atoms with Crippen LogP contribution in [0.1, 0.15) is 18.1 Å². The van der Waals surface area contributed by atoms with Crippen molar-refractivity contribution in [3.05, 3.63) is 31.3 Å². The van der Waals surface area contributed by atoms with Gasteiger partial charge in [0.1, 0.15) is 0 Å². The quantitative estimate of drug-likeness (QED) is 0.687. The maximum Gasteiger partial charge on any atom is 0.0192 e. The van der Waals surface area contributed by atoms with Crippen LogP contribution in [0.4, 0.5) is 0 Å². The molecule has 0 saturated heterocycles. The average molecular weight is 325 g/mol. The van der Waals surface area contributed by atoms with Crippen molar-refractivity contribution < 1.29 is 0 Å². The fourth-order valence-corrected chi connectivity index (χ4v) is 2.36. The van der Waals surface area contributed by atoms with E-state index in [1.54, 1.807) is 0 Å². The Balaban J connectivity index is 3.24. The number of aryl methyl sites for hydroxylation is 2. The molecule has 0 amide bonds.